The van der Waals surface area contributed by atoms with Gasteiger partial charge >= 0.3 is 12.2 Å². The molecule has 7 rings (SSSR count). The van der Waals surface area contributed by atoms with Gasteiger partial charge in [0.2, 0.25) is 11.8 Å². The summed E-state index contributed by atoms with van der Waals surface area (Å²) in [7, 11) is 2.59. The van der Waals surface area contributed by atoms with Crippen LogP contribution in [0.1, 0.15) is 69.7 Å². The molecule has 2 aromatic heterocycles. The summed E-state index contributed by atoms with van der Waals surface area (Å²) in [5.74, 6) is 0.927. The van der Waals surface area contributed by atoms with Crippen LogP contribution in [-0.2, 0) is 19.1 Å². The maximum Gasteiger partial charge on any atom is 0.407 e. The van der Waals surface area contributed by atoms with Gasteiger partial charge in [-0.1, -0.05) is 93.8 Å². The van der Waals surface area contributed by atoms with Crippen molar-refractivity contribution in [1.82, 2.24) is 45.7 Å². The number of rotatable bonds is 11. The van der Waals surface area contributed by atoms with Crippen molar-refractivity contribution in [3.8, 4) is 33.6 Å². The standard InChI is InChI=1S/C42H51N9O6/c1-25(2)35(48-41(54)56-3)39(52)50-20-8-11-33(50)37-44-21-31(46-37)28-16-12-26(13-17-28)27-14-18-29(19-15-27)32-22-45-38(47-32)34-23-43-24-51(34)40(53)36(49-42(55)57-4)30-9-6-5-7-10-30/h8,11-19,21-22,25,30,33-36,43H,5-7,9-10,20,23-24H2,1-4H3,(H,44,46)(H,45,47)(H,48,54)(H,49,55)/t33-,34-,35?,36-/m0/s1. The van der Waals surface area contributed by atoms with Crippen molar-refractivity contribution >= 4 is 24.0 Å². The van der Waals surface area contributed by atoms with Gasteiger partial charge in [0.1, 0.15) is 35.8 Å². The normalized spacial score (nSPS) is 19.4. The Morgan fingerprint density at radius 2 is 1.30 bits per heavy atom. The molecule has 15 nitrogen and oxygen atoms in total. The van der Waals surface area contributed by atoms with E-state index in [2.05, 4.69) is 55.2 Å². The largest absolute Gasteiger partial charge is 0.453 e. The third kappa shape index (κ3) is 8.58. The van der Waals surface area contributed by atoms with Crippen molar-refractivity contribution in [3.63, 3.8) is 0 Å². The van der Waals surface area contributed by atoms with E-state index in [0.717, 1.165) is 65.7 Å². The summed E-state index contributed by atoms with van der Waals surface area (Å²) in [6, 6.07) is 14.3. The fourth-order valence-electron chi connectivity index (χ4n) is 8.07. The smallest absolute Gasteiger partial charge is 0.407 e. The third-order valence-electron chi connectivity index (χ3n) is 11.3. The summed E-state index contributed by atoms with van der Waals surface area (Å²) >= 11 is 0. The van der Waals surface area contributed by atoms with E-state index < -0.39 is 24.3 Å². The first-order chi connectivity index (χ1) is 27.6. The van der Waals surface area contributed by atoms with Crippen LogP contribution >= 0.6 is 0 Å². The lowest BCUT2D eigenvalue weighted by molar-refractivity contribution is -0.136. The topological polar surface area (TPSA) is 187 Å². The van der Waals surface area contributed by atoms with Crippen molar-refractivity contribution in [2.24, 2.45) is 11.8 Å². The second-order valence-electron chi connectivity index (χ2n) is 15.2. The van der Waals surface area contributed by atoms with Gasteiger partial charge in [-0.3, -0.25) is 14.9 Å². The van der Waals surface area contributed by atoms with E-state index in [1.165, 1.54) is 14.2 Å². The second kappa shape index (κ2) is 17.5. The molecule has 0 radical (unpaired) electrons. The minimum atomic E-state index is -0.728. The fourth-order valence-corrected chi connectivity index (χ4v) is 8.07. The number of imidazole rings is 2. The van der Waals surface area contributed by atoms with Gasteiger partial charge in [0, 0.05) is 13.1 Å². The molecular formula is C42H51N9O6. The average molecular weight is 778 g/mol. The van der Waals surface area contributed by atoms with Crippen LogP contribution in [0.4, 0.5) is 9.59 Å². The number of alkyl carbamates (subject to hydrolysis) is 2. The van der Waals surface area contributed by atoms with Crippen molar-refractivity contribution < 1.29 is 28.7 Å². The first-order valence-electron chi connectivity index (χ1n) is 19.6. The van der Waals surface area contributed by atoms with E-state index in [0.29, 0.717) is 31.4 Å². The first-order valence-corrected chi connectivity index (χ1v) is 19.6. The zero-order chi connectivity index (χ0) is 40.1. The van der Waals surface area contributed by atoms with Gasteiger partial charge in [0.25, 0.3) is 0 Å². The zero-order valence-electron chi connectivity index (χ0n) is 32.8. The quantitative estimate of drug-likeness (QED) is 0.119. The molecule has 1 unspecified atom stereocenters. The number of methoxy groups -OCH3 is 2. The molecule has 4 aromatic rings. The predicted molar refractivity (Wildman–Crippen MR) is 213 cm³/mol. The van der Waals surface area contributed by atoms with Crippen LogP contribution in [0.2, 0.25) is 0 Å². The molecule has 5 N–H and O–H groups in total. The molecule has 1 aliphatic carbocycles. The highest BCUT2D eigenvalue weighted by atomic mass is 16.5. The maximum absolute atomic E-state index is 13.9. The first kappa shape index (κ1) is 39.3. The minimum Gasteiger partial charge on any atom is -0.453 e. The Morgan fingerprint density at radius 3 is 1.89 bits per heavy atom. The van der Waals surface area contributed by atoms with Gasteiger partial charge < -0.3 is 39.9 Å². The van der Waals surface area contributed by atoms with Crippen LogP contribution in [0.15, 0.2) is 73.1 Å². The number of aromatic nitrogens is 4. The van der Waals surface area contributed by atoms with Crippen LogP contribution < -0.4 is 16.0 Å². The van der Waals surface area contributed by atoms with Crippen LogP contribution in [0.3, 0.4) is 0 Å². The monoisotopic (exact) mass is 777 g/mol. The molecule has 1 saturated heterocycles. The summed E-state index contributed by atoms with van der Waals surface area (Å²) in [5, 5.41) is 8.81. The van der Waals surface area contributed by atoms with E-state index in [-0.39, 0.29) is 35.7 Å². The molecule has 57 heavy (non-hydrogen) atoms. The highest BCUT2D eigenvalue weighted by molar-refractivity contribution is 5.87. The van der Waals surface area contributed by atoms with E-state index >= 15 is 0 Å². The molecule has 0 bridgehead atoms. The number of ether oxygens (including phenoxy) is 2. The molecule has 2 aliphatic heterocycles. The Labute approximate surface area is 332 Å². The lowest BCUT2D eigenvalue weighted by atomic mass is 9.83. The number of nitrogens with zero attached hydrogens (tertiary/aromatic N) is 4. The van der Waals surface area contributed by atoms with Gasteiger partial charge in [-0.25, -0.2) is 19.6 Å². The molecule has 2 aromatic carbocycles. The van der Waals surface area contributed by atoms with Gasteiger partial charge in [-0.05, 0) is 46.9 Å². The number of amides is 4. The molecule has 3 aliphatic rings. The summed E-state index contributed by atoms with van der Waals surface area (Å²) in [6.07, 6.45) is 11.2. The van der Waals surface area contributed by atoms with E-state index in [1.54, 1.807) is 22.2 Å². The molecule has 0 spiro atoms. The summed E-state index contributed by atoms with van der Waals surface area (Å²) in [5.41, 5.74) is 5.67. The van der Waals surface area contributed by atoms with Crippen LogP contribution in [0.5, 0.6) is 0 Å². The molecule has 1 saturated carbocycles. The lowest BCUT2D eigenvalue weighted by Crippen LogP contribution is -2.53. The van der Waals surface area contributed by atoms with Gasteiger partial charge in [0.05, 0.1) is 44.7 Å². The van der Waals surface area contributed by atoms with Crippen LogP contribution in [-0.4, -0.2) is 99.8 Å². The molecule has 15 heteroatoms. The van der Waals surface area contributed by atoms with Gasteiger partial charge in [-0.2, -0.15) is 0 Å². The Bertz CT molecular complexity index is 2070. The number of carbonyl (C=O) groups excluding carboxylic acids is 4. The molecule has 2 fully saturated rings. The Morgan fingerprint density at radius 1 is 0.737 bits per heavy atom. The Kier molecular flexibility index (Phi) is 12.0. The third-order valence-corrected chi connectivity index (χ3v) is 11.3. The van der Waals surface area contributed by atoms with Crippen LogP contribution in [0, 0.1) is 11.8 Å². The number of hydrogen-bond acceptors (Lipinski definition) is 9. The molecule has 4 amide bonds. The van der Waals surface area contributed by atoms with E-state index in [9.17, 15) is 19.2 Å². The lowest BCUT2D eigenvalue weighted by Gasteiger charge is -2.33. The number of nitrogens with one attached hydrogen (secondary N) is 5. The predicted octanol–water partition coefficient (Wildman–Crippen LogP) is 5.69. The number of carbonyl (C=O) groups is 4. The molecule has 4 atom stereocenters. The minimum absolute atomic E-state index is 0.0685. The van der Waals surface area contributed by atoms with Crippen molar-refractivity contribution in [2.75, 3.05) is 34.0 Å². The number of hydrogen-bond donors (Lipinski definition) is 5. The average Bonchev–Trinajstić information content (AvgIpc) is 4.09. The van der Waals surface area contributed by atoms with Crippen LogP contribution in [0.25, 0.3) is 33.6 Å². The highest BCUT2D eigenvalue weighted by Gasteiger charge is 2.40. The van der Waals surface area contributed by atoms with E-state index in [4.69, 9.17) is 14.5 Å². The Balaban J connectivity index is 1.00. The fraction of sp³-hybridized carbons (Fsp3) is 0.429. The summed E-state index contributed by atoms with van der Waals surface area (Å²) in [4.78, 5) is 71.2. The molecule has 300 valence electrons. The van der Waals surface area contributed by atoms with Crippen molar-refractivity contribution in [3.05, 3.63) is 84.7 Å². The zero-order valence-corrected chi connectivity index (χ0v) is 32.8. The Hall–Kier alpha value is -5.96. The van der Waals surface area contributed by atoms with Gasteiger partial charge in [-0.15, -0.1) is 0 Å². The number of benzene rings is 2. The molecule has 4 heterocycles. The summed E-state index contributed by atoms with van der Waals surface area (Å²) in [6.45, 7) is 5.09. The summed E-state index contributed by atoms with van der Waals surface area (Å²) < 4.78 is 9.61. The highest BCUT2D eigenvalue weighted by Crippen LogP contribution is 2.33. The van der Waals surface area contributed by atoms with Crippen molar-refractivity contribution in [1.29, 1.82) is 0 Å². The molecular weight excluding hydrogens is 727 g/mol. The number of H-pyrrole nitrogens is 2. The number of aromatic amines is 2. The van der Waals surface area contributed by atoms with E-state index in [1.807, 2.05) is 50.3 Å². The second-order valence-corrected chi connectivity index (χ2v) is 15.2. The SMILES string of the molecule is COC(=O)NC(C(=O)N1CC=C[C@H]1c1ncc(-c2ccc(-c3ccc(-c4cnc([C@@H]5CNCN5C(=O)[C@@H](NC(=O)OC)C5CCCCC5)[nH]4)cc3)cc2)[nH]1)C(C)C. The van der Waals surface area contributed by atoms with Gasteiger partial charge in [0.15, 0.2) is 0 Å². The maximum atomic E-state index is 13.9. The van der Waals surface area contributed by atoms with Crippen molar-refractivity contribution in [2.45, 2.75) is 70.1 Å².